The molecule has 5 heteroatoms. The Morgan fingerprint density at radius 1 is 0.806 bits per heavy atom. The van der Waals surface area contributed by atoms with Gasteiger partial charge in [0.25, 0.3) is 8.32 Å². The van der Waals surface area contributed by atoms with Gasteiger partial charge in [0.1, 0.15) is 0 Å². The Morgan fingerprint density at radius 2 is 1.36 bits per heavy atom. The van der Waals surface area contributed by atoms with Crippen LogP contribution in [0.5, 0.6) is 0 Å². The summed E-state index contributed by atoms with van der Waals surface area (Å²) in [5, 5.41) is 3.01. The molecule has 2 fully saturated rings. The van der Waals surface area contributed by atoms with E-state index in [9.17, 15) is 0 Å². The molecule has 2 aromatic carbocycles. The molecule has 2 aromatic rings. The van der Waals surface area contributed by atoms with Gasteiger partial charge in [-0.1, -0.05) is 102 Å². The van der Waals surface area contributed by atoms with Crippen LogP contribution in [-0.4, -0.2) is 52.9 Å². The Labute approximate surface area is 222 Å². The molecule has 0 aromatic heterocycles. The lowest BCUT2D eigenvalue weighted by Gasteiger charge is -2.46. The Balaban J connectivity index is 1.61. The molecule has 36 heavy (non-hydrogen) atoms. The van der Waals surface area contributed by atoms with Crippen molar-refractivity contribution in [3.63, 3.8) is 0 Å². The number of hydrogen-bond acceptors (Lipinski definition) is 3. The fourth-order valence-corrected chi connectivity index (χ4v) is 12.0. The predicted molar refractivity (Wildman–Crippen MR) is 158 cm³/mol. The molecule has 2 atom stereocenters. The smallest absolute Gasteiger partial charge is 0.261 e. The zero-order valence-corrected chi connectivity index (χ0v) is 26.1. The molecule has 2 unspecified atom stereocenters. The SMILES string of the molecule is CC(C)(C)[Si](C)(C)OCC1CCC2(CO[Si](c3ccccc3)(c3ccccc3)C(C)(C)C)CCCN12. The molecule has 0 aliphatic carbocycles. The highest BCUT2D eigenvalue weighted by molar-refractivity contribution is 6.99. The third-order valence-corrected chi connectivity index (χ3v) is 18.9. The molecular formula is C31H49NO2Si2. The van der Waals surface area contributed by atoms with E-state index < -0.39 is 16.6 Å². The van der Waals surface area contributed by atoms with Gasteiger partial charge in [-0.25, -0.2) is 0 Å². The second kappa shape index (κ2) is 10.1. The lowest BCUT2D eigenvalue weighted by Crippen LogP contribution is -2.68. The van der Waals surface area contributed by atoms with Crippen LogP contribution >= 0.6 is 0 Å². The van der Waals surface area contributed by atoms with Crippen LogP contribution in [0, 0.1) is 0 Å². The first kappa shape index (κ1) is 27.8. The van der Waals surface area contributed by atoms with E-state index in [1.807, 2.05) is 0 Å². The minimum absolute atomic E-state index is 0.0131. The second-order valence-corrected chi connectivity index (χ2v) is 22.9. The molecule has 2 heterocycles. The predicted octanol–water partition coefficient (Wildman–Crippen LogP) is 6.58. The van der Waals surface area contributed by atoms with Gasteiger partial charge in [0.2, 0.25) is 0 Å². The Hall–Kier alpha value is -1.25. The molecule has 0 N–H and O–H groups in total. The van der Waals surface area contributed by atoms with Crippen LogP contribution in [0.2, 0.25) is 23.2 Å². The Kier molecular flexibility index (Phi) is 7.83. The van der Waals surface area contributed by atoms with Gasteiger partial charge in [0.05, 0.1) is 6.61 Å². The molecule has 4 rings (SSSR count). The van der Waals surface area contributed by atoms with Crippen molar-refractivity contribution in [1.29, 1.82) is 0 Å². The van der Waals surface area contributed by atoms with Crippen LogP contribution in [0.25, 0.3) is 0 Å². The first-order valence-electron chi connectivity index (χ1n) is 14.0. The van der Waals surface area contributed by atoms with Crippen molar-refractivity contribution in [1.82, 2.24) is 4.90 Å². The van der Waals surface area contributed by atoms with Crippen molar-refractivity contribution in [2.75, 3.05) is 19.8 Å². The monoisotopic (exact) mass is 523 g/mol. The van der Waals surface area contributed by atoms with Crippen molar-refractivity contribution in [3.05, 3.63) is 60.7 Å². The highest BCUT2D eigenvalue weighted by Crippen LogP contribution is 2.46. The molecule has 0 radical (unpaired) electrons. The number of hydrogen-bond donors (Lipinski definition) is 0. The van der Waals surface area contributed by atoms with E-state index in [1.54, 1.807) is 0 Å². The summed E-state index contributed by atoms with van der Waals surface area (Å²) in [4.78, 5) is 2.79. The largest absolute Gasteiger partial charge is 0.415 e. The summed E-state index contributed by atoms with van der Waals surface area (Å²) in [5.74, 6) is 0. The number of rotatable bonds is 8. The summed E-state index contributed by atoms with van der Waals surface area (Å²) in [6.07, 6.45) is 4.94. The van der Waals surface area contributed by atoms with E-state index >= 15 is 0 Å². The van der Waals surface area contributed by atoms with Gasteiger partial charge in [-0.05, 0) is 65.8 Å². The molecule has 0 spiro atoms. The molecule has 0 saturated carbocycles. The number of fused-ring (bicyclic) bond motifs is 1. The van der Waals surface area contributed by atoms with Gasteiger partial charge < -0.3 is 8.85 Å². The number of benzene rings is 2. The topological polar surface area (TPSA) is 21.7 Å². The van der Waals surface area contributed by atoms with Crippen molar-refractivity contribution in [3.8, 4) is 0 Å². The van der Waals surface area contributed by atoms with Crippen molar-refractivity contribution in [2.45, 2.75) is 102 Å². The highest BCUT2D eigenvalue weighted by Gasteiger charge is 2.55. The summed E-state index contributed by atoms with van der Waals surface area (Å²) in [6.45, 7) is 21.8. The Morgan fingerprint density at radius 3 is 1.86 bits per heavy atom. The normalized spacial score (nSPS) is 23.7. The molecule has 2 aliphatic heterocycles. The fraction of sp³-hybridized carbons (Fsp3) is 0.613. The fourth-order valence-electron chi connectivity index (χ4n) is 6.31. The molecule has 0 amide bonds. The first-order valence-corrected chi connectivity index (χ1v) is 18.8. The lowest BCUT2D eigenvalue weighted by molar-refractivity contribution is 0.0661. The molecule has 2 saturated heterocycles. The third-order valence-electron chi connectivity index (χ3n) is 9.45. The maximum atomic E-state index is 7.47. The summed E-state index contributed by atoms with van der Waals surface area (Å²) in [7, 11) is -4.28. The van der Waals surface area contributed by atoms with Gasteiger partial charge in [-0.3, -0.25) is 4.90 Å². The zero-order chi connectivity index (χ0) is 26.2. The van der Waals surface area contributed by atoms with Crippen LogP contribution < -0.4 is 10.4 Å². The zero-order valence-electron chi connectivity index (χ0n) is 24.1. The van der Waals surface area contributed by atoms with Gasteiger partial charge in [0.15, 0.2) is 8.32 Å². The van der Waals surface area contributed by atoms with Crippen molar-refractivity contribution >= 4 is 27.0 Å². The maximum absolute atomic E-state index is 7.47. The molecule has 3 nitrogen and oxygen atoms in total. The van der Waals surface area contributed by atoms with E-state index in [1.165, 1.54) is 42.6 Å². The van der Waals surface area contributed by atoms with E-state index in [0.29, 0.717) is 6.04 Å². The van der Waals surface area contributed by atoms with E-state index in [2.05, 4.69) is 120 Å². The van der Waals surface area contributed by atoms with Crippen LogP contribution in [0.3, 0.4) is 0 Å². The van der Waals surface area contributed by atoms with Gasteiger partial charge in [0, 0.05) is 18.2 Å². The minimum Gasteiger partial charge on any atom is -0.415 e. The summed E-state index contributed by atoms with van der Waals surface area (Å²) in [6, 6.07) is 22.7. The van der Waals surface area contributed by atoms with Gasteiger partial charge in [-0.15, -0.1) is 0 Å². The standard InChI is InChI=1S/C31H49NO2Si2/c1-29(2,3)35(7,8)33-24-26-20-22-31(21-15-23-32(26)31)25-34-36(30(4,5)6,27-16-11-9-12-17-27)28-18-13-10-14-19-28/h9-14,16-19,26H,15,20-25H2,1-8H3. The number of nitrogens with zero attached hydrogens (tertiary/aromatic N) is 1. The van der Waals surface area contributed by atoms with E-state index in [-0.39, 0.29) is 15.6 Å². The highest BCUT2D eigenvalue weighted by atomic mass is 28.4. The second-order valence-electron chi connectivity index (χ2n) is 13.7. The van der Waals surface area contributed by atoms with Crippen LogP contribution in [0.15, 0.2) is 60.7 Å². The van der Waals surface area contributed by atoms with E-state index in [0.717, 1.165) is 13.2 Å². The first-order chi connectivity index (χ1) is 16.8. The van der Waals surface area contributed by atoms with E-state index in [4.69, 9.17) is 8.85 Å². The maximum Gasteiger partial charge on any atom is 0.261 e. The lowest BCUT2D eigenvalue weighted by atomic mass is 9.95. The third kappa shape index (κ3) is 5.06. The van der Waals surface area contributed by atoms with Gasteiger partial charge in [-0.2, -0.15) is 0 Å². The summed E-state index contributed by atoms with van der Waals surface area (Å²) < 4.78 is 14.2. The van der Waals surface area contributed by atoms with Gasteiger partial charge >= 0.3 is 0 Å². The average molecular weight is 524 g/mol. The summed E-state index contributed by atoms with van der Waals surface area (Å²) >= 11 is 0. The Bertz CT molecular complexity index is 957. The van der Waals surface area contributed by atoms with Crippen molar-refractivity contribution in [2.24, 2.45) is 0 Å². The molecular weight excluding hydrogens is 475 g/mol. The van der Waals surface area contributed by atoms with Crippen LogP contribution in [0.4, 0.5) is 0 Å². The quantitative estimate of drug-likeness (QED) is 0.365. The van der Waals surface area contributed by atoms with Crippen molar-refractivity contribution < 1.29 is 8.85 Å². The molecule has 0 bridgehead atoms. The average Bonchev–Trinajstić information content (AvgIpc) is 3.37. The minimum atomic E-state index is -2.53. The molecule has 198 valence electrons. The molecule has 2 aliphatic rings. The van der Waals surface area contributed by atoms with Crippen LogP contribution in [0.1, 0.15) is 67.2 Å². The summed E-state index contributed by atoms with van der Waals surface area (Å²) in [5.41, 5.74) is 0.147. The van der Waals surface area contributed by atoms with Crippen LogP contribution in [-0.2, 0) is 8.85 Å².